The predicted octanol–water partition coefficient (Wildman–Crippen LogP) is 6.79. The van der Waals surface area contributed by atoms with E-state index in [1.807, 2.05) is 29.8 Å². The van der Waals surface area contributed by atoms with E-state index in [9.17, 15) is 0 Å². The molecule has 0 amide bonds. The van der Waals surface area contributed by atoms with Crippen LogP contribution in [0, 0.1) is 6.92 Å². The lowest BCUT2D eigenvalue weighted by Crippen LogP contribution is -2.21. The molecule has 2 aromatic heterocycles. The van der Waals surface area contributed by atoms with Gasteiger partial charge in [0.25, 0.3) is 0 Å². The minimum atomic E-state index is -1.13. The summed E-state index contributed by atoms with van der Waals surface area (Å²) in [5, 5.41) is 1.89. The number of benzene rings is 1. The van der Waals surface area contributed by atoms with Crippen molar-refractivity contribution in [3.05, 3.63) is 44.9 Å². The number of aryl methyl sites for hydroxylation is 1. The number of hydrogen-bond donors (Lipinski definition) is 0. The quantitative estimate of drug-likeness (QED) is 0.219. The van der Waals surface area contributed by atoms with E-state index in [1.165, 1.54) is 0 Å². The highest BCUT2D eigenvalue weighted by Gasteiger charge is 2.18. The van der Waals surface area contributed by atoms with E-state index in [0.29, 0.717) is 11.8 Å². The third-order valence-corrected chi connectivity index (χ3v) is 7.51. The first-order chi connectivity index (χ1) is 12.7. The lowest BCUT2D eigenvalue weighted by Gasteiger charge is -2.16. The molecule has 0 aliphatic rings. The van der Waals surface area contributed by atoms with Crippen LogP contribution in [0.4, 0.5) is 0 Å². The second-order valence-corrected chi connectivity index (χ2v) is 15.0. The maximum atomic E-state index is 6.61. The summed E-state index contributed by atoms with van der Waals surface area (Å²) in [6.07, 6.45) is 3.77. The molecule has 0 N–H and O–H groups in total. The topological polar surface area (TPSA) is 39.9 Å². The number of ether oxygens (including phenoxy) is 1. The summed E-state index contributed by atoms with van der Waals surface area (Å²) in [5.74, 6) is 0. The fourth-order valence-corrected chi connectivity index (χ4v) is 4.34. The van der Waals surface area contributed by atoms with Crippen LogP contribution in [0.25, 0.3) is 22.2 Å². The summed E-state index contributed by atoms with van der Waals surface area (Å²) in [4.78, 5) is 8.50. The van der Waals surface area contributed by atoms with Crippen LogP contribution in [-0.4, -0.2) is 29.2 Å². The molecule has 0 saturated carbocycles. The Balaban J connectivity index is 2.03. The standard InChI is InChI=1S/C19H22BrCl2N3OSi/c1-12-9-23-19(22)24-17(12)14-10-25(11-26-7-8-27(2,3)4)18-13(14)5-6-15(20)16(18)21/h5-6,9-10H,7-8,11H2,1-4H3. The molecule has 0 radical (unpaired) electrons. The van der Waals surface area contributed by atoms with Crippen molar-refractivity contribution < 1.29 is 4.74 Å². The van der Waals surface area contributed by atoms with Gasteiger partial charge in [0.2, 0.25) is 5.28 Å². The number of rotatable bonds is 6. The van der Waals surface area contributed by atoms with Crippen molar-refractivity contribution in [3.63, 3.8) is 0 Å². The van der Waals surface area contributed by atoms with E-state index in [1.54, 1.807) is 6.20 Å². The Hall–Kier alpha value is -0.923. The minimum absolute atomic E-state index is 0.228. The molecule has 0 bridgehead atoms. The molecule has 0 aliphatic heterocycles. The molecular weight excluding hydrogens is 465 g/mol. The number of fused-ring (bicyclic) bond motifs is 1. The largest absolute Gasteiger partial charge is 0.361 e. The molecule has 0 atom stereocenters. The summed E-state index contributed by atoms with van der Waals surface area (Å²) in [5.41, 5.74) is 3.65. The smallest absolute Gasteiger partial charge is 0.222 e. The van der Waals surface area contributed by atoms with Crippen LogP contribution in [0.15, 0.2) is 29.0 Å². The van der Waals surface area contributed by atoms with Gasteiger partial charge in [0.1, 0.15) is 6.73 Å². The van der Waals surface area contributed by atoms with Gasteiger partial charge in [-0.3, -0.25) is 0 Å². The van der Waals surface area contributed by atoms with E-state index in [4.69, 9.17) is 27.9 Å². The van der Waals surface area contributed by atoms with Crippen molar-refractivity contribution in [1.82, 2.24) is 14.5 Å². The second-order valence-electron chi connectivity index (χ2n) is 7.79. The highest BCUT2D eigenvalue weighted by atomic mass is 79.9. The molecule has 0 aliphatic carbocycles. The Morgan fingerprint density at radius 3 is 2.67 bits per heavy atom. The summed E-state index contributed by atoms with van der Waals surface area (Å²) >= 11 is 16.2. The van der Waals surface area contributed by atoms with E-state index in [2.05, 4.69) is 45.5 Å². The van der Waals surface area contributed by atoms with E-state index in [0.717, 1.165) is 44.8 Å². The summed E-state index contributed by atoms with van der Waals surface area (Å²) in [6.45, 7) is 10.2. The van der Waals surface area contributed by atoms with E-state index < -0.39 is 8.07 Å². The highest BCUT2D eigenvalue weighted by Crippen LogP contribution is 2.38. The molecule has 144 valence electrons. The molecule has 2 heterocycles. The van der Waals surface area contributed by atoms with Gasteiger partial charge in [0.15, 0.2) is 0 Å². The predicted molar refractivity (Wildman–Crippen MR) is 120 cm³/mol. The molecule has 0 unspecified atom stereocenters. The zero-order valence-electron chi connectivity index (χ0n) is 15.8. The second kappa shape index (κ2) is 8.21. The average molecular weight is 487 g/mol. The van der Waals surface area contributed by atoms with Gasteiger partial charge in [-0.1, -0.05) is 37.3 Å². The Morgan fingerprint density at radius 2 is 1.96 bits per heavy atom. The van der Waals surface area contributed by atoms with Crippen molar-refractivity contribution in [2.24, 2.45) is 0 Å². The molecule has 8 heteroatoms. The lowest BCUT2D eigenvalue weighted by atomic mass is 10.1. The maximum absolute atomic E-state index is 6.61. The fraction of sp³-hybridized carbons (Fsp3) is 0.368. The van der Waals surface area contributed by atoms with Gasteiger partial charge in [0.05, 0.1) is 16.2 Å². The van der Waals surface area contributed by atoms with Crippen LogP contribution in [-0.2, 0) is 11.5 Å². The molecule has 4 nitrogen and oxygen atoms in total. The van der Waals surface area contributed by atoms with Crippen LogP contribution >= 0.6 is 39.1 Å². The summed E-state index contributed by atoms with van der Waals surface area (Å²) in [7, 11) is -1.13. The highest BCUT2D eigenvalue weighted by molar-refractivity contribution is 9.10. The fourth-order valence-electron chi connectivity index (χ4n) is 2.85. The van der Waals surface area contributed by atoms with Gasteiger partial charge in [-0.25, -0.2) is 9.97 Å². The van der Waals surface area contributed by atoms with Gasteiger partial charge in [0, 0.05) is 42.5 Å². The number of nitrogens with zero attached hydrogens (tertiary/aromatic N) is 3. The Morgan fingerprint density at radius 1 is 1.22 bits per heavy atom. The third kappa shape index (κ3) is 4.74. The summed E-state index contributed by atoms with van der Waals surface area (Å²) in [6, 6.07) is 5.11. The molecule has 27 heavy (non-hydrogen) atoms. The van der Waals surface area contributed by atoms with Gasteiger partial charge in [-0.05, 0) is 52.1 Å². The number of halogens is 3. The third-order valence-electron chi connectivity index (χ3n) is 4.36. The van der Waals surface area contributed by atoms with Crippen molar-refractivity contribution in [2.45, 2.75) is 39.3 Å². The van der Waals surface area contributed by atoms with Crippen molar-refractivity contribution in [3.8, 4) is 11.3 Å². The van der Waals surface area contributed by atoms with Crippen molar-refractivity contribution >= 4 is 58.1 Å². The molecule has 0 saturated heterocycles. The van der Waals surface area contributed by atoms with Crippen LogP contribution in [0.5, 0.6) is 0 Å². The Kier molecular flexibility index (Phi) is 6.33. The van der Waals surface area contributed by atoms with Gasteiger partial charge >= 0.3 is 0 Å². The SMILES string of the molecule is Cc1cnc(Cl)nc1-c1cn(COCC[Si](C)(C)C)c2c(Cl)c(Br)ccc12. The van der Waals surface area contributed by atoms with Gasteiger partial charge in [-0.2, -0.15) is 0 Å². The minimum Gasteiger partial charge on any atom is -0.361 e. The molecule has 0 spiro atoms. The zero-order valence-corrected chi connectivity index (χ0v) is 19.9. The first-order valence-corrected chi connectivity index (χ1v) is 14.0. The first kappa shape index (κ1) is 20.8. The van der Waals surface area contributed by atoms with Crippen molar-refractivity contribution in [2.75, 3.05) is 6.61 Å². The monoisotopic (exact) mass is 485 g/mol. The van der Waals surface area contributed by atoms with Crippen molar-refractivity contribution in [1.29, 1.82) is 0 Å². The number of hydrogen-bond acceptors (Lipinski definition) is 3. The van der Waals surface area contributed by atoms with Gasteiger partial charge < -0.3 is 9.30 Å². The number of aromatic nitrogens is 3. The van der Waals surface area contributed by atoms with E-state index >= 15 is 0 Å². The molecule has 1 aromatic carbocycles. The van der Waals surface area contributed by atoms with Crippen LogP contribution in [0.3, 0.4) is 0 Å². The van der Waals surface area contributed by atoms with E-state index in [-0.39, 0.29) is 5.28 Å². The molecular formula is C19H22BrCl2N3OSi. The normalized spacial score (nSPS) is 12.1. The zero-order chi connectivity index (χ0) is 19.8. The maximum Gasteiger partial charge on any atom is 0.222 e. The summed E-state index contributed by atoms with van der Waals surface area (Å²) < 4.78 is 8.86. The van der Waals surface area contributed by atoms with Gasteiger partial charge in [-0.15, -0.1) is 0 Å². The van der Waals surface area contributed by atoms with Crippen LogP contribution in [0.1, 0.15) is 5.56 Å². The van der Waals surface area contributed by atoms with Crippen LogP contribution < -0.4 is 0 Å². The molecule has 3 aromatic rings. The first-order valence-electron chi connectivity index (χ1n) is 8.71. The molecule has 0 fully saturated rings. The average Bonchev–Trinajstić information content (AvgIpc) is 2.95. The Labute approximate surface area is 179 Å². The van der Waals surface area contributed by atoms with Crippen LogP contribution in [0.2, 0.25) is 36.0 Å². The lowest BCUT2D eigenvalue weighted by molar-refractivity contribution is 0.0903. The Bertz CT molecular complexity index is 985. The molecule has 3 rings (SSSR count).